The highest BCUT2D eigenvalue weighted by molar-refractivity contribution is 5.24. The highest BCUT2D eigenvalue weighted by Gasteiger charge is 1.96. The topological polar surface area (TPSA) is 0 Å². The maximum absolute atomic E-state index is 2.24. The van der Waals surface area contributed by atoms with Crippen LogP contribution in [-0.2, 0) is 0 Å². The van der Waals surface area contributed by atoms with Crippen LogP contribution in [-0.4, -0.2) is 0 Å². The zero-order chi connectivity index (χ0) is 20.3. The summed E-state index contributed by atoms with van der Waals surface area (Å²) in [5, 5.41) is 0. The Morgan fingerprint density at radius 2 is 0.920 bits per heavy atom. The maximum atomic E-state index is 2.24. The molecule has 0 radical (unpaired) electrons. The van der Waals surface area contributed by atoms with Crippen LogP contribution in [0.4, 0.5) is 0 Å². The minimum absolute atomic E-state index is 0.653. The van der Waals surface area contributed by atoms with E-state index >= 15 is 0 Å². The van der Waals surface area contributed by atoms with E-state index in [4.69, 9.17) is 0 Å². The average Bonchev–Trinajstić information content (AvgIpc) is 2.68. The zero-order valence-electron chi connectivity index (χ0n) is 18.9. The van der Waals surface area contributed by atoms with Crippen LogP contribution in [0.2, 0.25) is 0 Å². The second-order valence-electron chi connectivity index (χ2n) is 5.63. The fraction of sp³-hybridized carbons (Fsp3) is 0.520. The molecule has 0 aliphatic heterocycles. The van der Waals surface area contributed by atoms with Crippen LogP contribution in [0.1, 0.15) is 97.8 Å². The summed E-state index contributed by atoms with van der Waals surface area (Å²) in [5.41, 5.74) is 4.20. The largest absolute Gasteiger partial charge is 0.0683 e. The van der Waals surface area contributed by atoms with E-state index in [9.17, 15) is 0 Å². The second-order valence-corrected chi connectivity index (χ2v) is 5.63. The molecule has 0 heterocycles. The third kappa shape index (κ3) is 15.7. The third-order valence-corrected chi connectivity index (χ3v) is 3.18. The summed E-state index contributed by atoms with van der Waals surface area (Å²) < 4.78 is 0. The summed E-state index contributed by atoms with van der Waals surface area (Å²) in [5.74, 6) is 1.31. The van der Waals surface area contributed by atoms with Gasteiger partial charge in [-0.2, -0.15) is 0 Å². The monoisotopic (exact) mass is 344 g/mol. The van der Waals surface area contributed by atoms with Crippen molar-refractivity contribution in [1.29, 1.82) is 0 Å². The Balaban J connectivity index is -0.000000299. The average molecular weight is 345 g/mol. The fourth-order valence-electron chi connectivity index (χ4n) is 1.87. The lowest BCUT2D eigenvalue weighted by atomic mass is 10.0. The maximum Gasteiger partial charge on any atom is -0.0219 e. The quantitative estimate of drug-likeness (QED) is 0.509. The summed E-state index contributed by atoms with van der Waals surface area (Å²) in [4.78, 5) is 0. The van der Waals surface area contributed by atoms with Crippen LogP contribution in [0.15, 0.2) is 54.6 Å². The lowest BCUT2D eigenvalue weighted by Crippen LogP contribution is -1.86. The molecule has 2 rings (SSSR count). The SMILES string of the molecule is CC.CC.CC.CC(C)c1ccccc1.Cc1cccc(C(C)C)c1. The van der Waals surface area contributed by atoms with Gasteiger partial charge in [-0.15, -0.1) is 0 Å². The Hall–Kier alpha value is -1.56. The molecule has 0 saturated heterocycles. The van der Waals surface area contributed by atoms with Gasteiger partial charge in [0.15, 0.2) is 0 Å². The van der Waals surface area contributed by atoms with Crippen molar-refractivity contribution < 1.29 is 0 Å². The molecule has 0 heteroatoms. The fourth-order valence-corrected chi connectivity index (χ4v) is 1.87. The molecule has 0 nitrogen and oxygen atoms in total. The standard InChI is InChI=1S/C10H14.C9H12.3C2H6/c1-8(2)10-6-4-5-9(3)7-10;1-8(2)9-6-4-3-5-7-9;3*1-2/h4-8H,1-3H3;3-8H,1-2H3;3*1-2H3. The van der Waals surface area contributed by atoms with Crippen LogP contribution < -0.4 is 0 Å². The van der Waals surface area contributed by atoms with Gasteiger partial charge < -0.3 is 0 Å². The number of rotatable bonds is 2. The van der Waals surface area contributed by atoms with Gasteiger partial charge in [-0.1, -0.05) is 129 Å². The predicted molar refractivity (Wildman–Crippen MR) is 120 cm³/mol. The molecule has 0 bridgehead atoms. The molecule has 144 valence electrons. The van der Waals surface area contributed by atoms with Gasteiger partial charge in [0.1, 0.15) is 0 Å². The highest BCUT2D eigenvalue weighted by atomic mass is 14.0. The van der Waals surface area contributed by atoms with Crippen LogP contribution >= 0.6 is 0 Å². The van der Waals surface area contributed by atoms with Crippen molar-refractivity contribution in [3.8, 4) is 0 Å². The molecule has 25 heavy (non-hydrogen) atoms. The Labute approximate surface area is 159 Å². The molecule has 0 atom stereocenters. The molecule has 0 spiro atoms. The van der Waals surface area contributed by atoms with Crippen LogP contribution in [0.3, 0.4) is 0 Å². The van der Waals surface area contributed by atoms with E-state index in [0.717, 1.165) is 0 Å². The van der Waals surface area contributed by atoms with Crippen molar-refractivity contribution in [3.05, 3.63) is 71.3 Å². The molecular formula is C25H44. The van der Waals surface area contributed by atoms with E-state index in [0.29, 0.717) is 11.8 Å². The van der Waals surface area contributed by atoms with Crippen molar-refractivity contribution in [3.63, 3.8) is 0 Å². The first-order valence-electron chi connectivity index (χ1n) is 10.1. The molecule has 0 aromatic heterocycles. The predicted octanol–water partition coefficient (Wildman–Crippen LogP) is 9.01. The minimum Gasteiger partial charge on any atom is -0.0683 e. The van der Waals surface area contributed by atoms with Gasteiger partial charge in [0.05, 0.1) is 0 Å². The Bertz CT molecular complexity index is 466. The molecule has 2 aromatic carbocycles. The first-order chi connectivity index (χ1) is 12.0. The zero-order valence-corrected chi connectivity index (χ0v) is 18.9. The van der Waals surface area contributed by atoms with Gasteiger partial charge in [0, 0.05) is 0 Å². The van der Waals surface area contributed by atoms with Gasteiger partial charge in [-0.3, -0.25) is 0 Å². The third-order valence-electron chi connectivity index (χ3n) is 3.18. The molecule has 0 fully saturated rings. The first kappa shape index (κ1) is 28.3. The summed E-state index contributed by atoms with van der Waals surface area (Å²) in [6.07, 6.45) is 0. The van der Waals surface area contributed by atoms with E-state index in [1.54, 1.807) is 0 Å². The van der Waals surface area contributed by atoms with Gasteiger partial charge in [-0.25, -0.2) is 0 Å². The molecule has 0 aliphatic rings. The molecule has 0 amide bonds. The van der Waals surface area contributed by atoms with Gasteiger partial charge in [0.25, 0.3) is 0 Å². The Kier molecular flexibility index (Phi) is 23.1. The molecule has 0 aliphatic carbocycles. The first-order valence-corrected chi connectivity index (χ1v) is 10.1. The minimum atomic E-state index is 0.653. The summed E-state index contributed by atoms with van der Waals surface area (Å²) >= 11 is 0. The van der Waals surface area contributed by atoms with E-state index in [2.05, 4.69) is 83.1 Å². The van der Waals surface area contributed by atoms with Crippen LogP contribution in [0, 0.1) is 6.92 Å². The number of benzene rings is 2. The number of hydrogen-bond acceptors (Lipinski definition) is 0. The molecule has 0 N–H and O–H groups in total. The van der Waals surface area contributed by atoms with Gasteiger partial charge in [-0.05, 0) is 29.9 Å². The van der Waals surface area contributed by atoms with Gasteiger partial charge in [0.2, 0.25) is 0 Å². The van der Waals surface area contributed by atoms with Crippen molar-refractivity contribution in [1.82, 2.24) is 0 Å². The second kappa shape index (κ2) is 20.5. The van der Waals surface area contributed by atoms with Crippen molar-refractivity contribution in [2.75, 3.05) is 0 Å². The van der Waals surface area contributed by atoms with E-state index < -0.39 is 0 Å². The molecular weight excluding hydrogens is 300 g/mol. The van der Waals surface area contributed by atoms with E-state index in [-0.39, 0.29) is 0 Å². The molecule has 0 unspecified atom stereocenters. The highest BCUT2D eigenvalue weighted by Crippen LogP contribution is 2.14. The lowest BCUT2D eigenvalue weighted by Gasteiger charge is -2.04. The normalized spacial score (nSPS) is 8.52. The smallest absolute Gasteiger partial charge is 0.0219 e. The Morgan fingerprint density at radius 3 is 1.20 bits per heavy atom. The van der Waals surface area contributed by atoms with E-state index in [1.165, 1.54) is 16.7 Å². The van der Waals surface area contributed by atoms with Crippen molar-refractivity contribution in [2.24, 2.45) is 0 Å². The van der Waals surface area contributed by atoms with E-state index in [1.807, 2.05) is 47.6 Å². The van der Waals surface area contributed by atoms with Crippen LogP contribution in [0.25, 0.3) is 0 Å². The van der Waals surface area contributed by atoms with Crippen molar-refractivity contribution >= 4 is 0 Å². The van der Waals surface area contributed by atoms with Crippen LogP contribution in [0.5, 0.6) is 0 Å². The summed E-state index contributed by atoms with van der Waals surface area (Å²) in [6, 6.07) is 19.2. The molecule has 0 saturated carbocycles. The number of aryl methyl sites for hydroxylation is 1. The summed E-state index contributed by atoms with van der Waals surface area (Å²) in [7, 11) is 0. The van der Waals surface area contributed by atoms with Gasteiger partial charge >= 0.3 is 0 Å². The lowest BCUT2D eigenvalue weighted by molar-refractivity contribution is 0.865. The number of hydrogen-bond donors (Lipinski definition) is 0. The molecule has 2 aromatic rings. The Morgan fingerprint density at radius 1 is 0.520 bits per heavy atom. The van der Waals surface area contributed by atoms with Crippen molar-refractivity contribution in [2.45, 2.75) is 88.0 Å². The summed E-state index contributed by atoms with van der Waals surface area (Å²) in [6.45, 7) is 23.0.